The molecule has 0 radical (unpaired) electrons. The highest BCUT2D eigenvalue weighted by molar-refractivity contribution is 5.50. The highest BCUT2D eigenvalue weighted by Crippen LogP contribution is 2.22. The molecule has 2 rings (SSSR count). The van der Waals surface area contributed by atoms with Crippen LogP contribution in [0, 0.1) is 0 Å². The lowest BCUT2D eigenvalue weighted by Gasteiger charge is -2.09. The number of nitrogens with zero attached hydrogens (tertiary/aromatic N) is 3. The van der Waals surface area contributed by atoms with E-state index in [1.54, 1.807) is 38.4 Å². The van der Waals surface area contributed by atoms with Crippen LogP contribution in [0.5, 0.6) is 0 Å². The van der Waals surface area contributed by atoms with Gasteiger partial charge in [0.1, 0.15) is 5.60 Å². The molecule has 1 N–H and O–H groups in total. The molecule has 5 nitrogen and oxygen atoms in total. The SMILES string of the molecule is CC(C)(O)c1nnc(-c2ccncc2)o1. The topological polar surface area (TPSA) is 72.0 Å². The van der Waals surface area contributed by atoms with Gasteiger partial charge < -0.3 is 9.52 Å². The first-order chi connectivity index (χ1) is 7.07. The van der Waals surface area contributed by atoms with Crippen LogP contribution in [-0.4, -0.2) is 20.3 Å². The average molecular weight is 205 g/mol. The minimum Gasteiger partial charge on any atom is -0.418 e. The molecule has 0 bridgehead atoms. The van der Waals surface area contributed by atoms with Gasteiger partial charge in [-0.1, -0.05) is 0 Å². The van der Waals surface area contributed by atoms with Crippen LogP contribution in [-0.2, 0) is 5.60 Å². The Morgan fingerprint density at radius 1 is 1.20 bits per heavy atom. The first-order valence-electron chi connectivity index (χ1n) is 4.54. The molecule has 0 aliphatic rings. The lowest BCUT2D eigenvalue weighted by molar-refractivity contribution is 0.0488. The van der Waals surface area contributed by atoms with Crippen LogP contribution in [0.2, 0.25) is 0 Å². The van der Waals surface area contributed by atoms with Gasteiger partial charge in [-0.05, 0) is 26.0 Å². The Bertz CT molecular complexity index is 445. The van der Waals surface area contributed by atoms with Gasteiger partial charge in [0.05, 0.1) is 0 Å². The van der Waals surface area contributed by atoms with Crippen molar-refractivity contribution in [3.63, 3.8) is 0 Å². The van der Waals surface area contributed by atoms with Gasteiger partial charge in [0.2, 0.25) is 11.8 Å². The van der Waals surface area contributed by atoms with Crippen LogP contribution in [0.1, 0.15) is 19.7 Å². The smallest absolute Gasteiger partial charge is 0.248 e. The van der Waals surface area contributed by atoms with Crippen LogP contribution in [0.15, 0.2) is 28.9 Å². The molecule has 0 saturated carbocycles. The maximum atomic E-state index is 9.64. The summed E-state index contributed by atoms with van der Waals surface area (Å²) < 4.78 is 5.33. The number of pyridine rings is 1. The Morgan fingerprint density at radius 3 is 2.40 bits per heavy atom. The summed E-state index contributed by atoms with van der Waals surface area (Å²) in [6, 6.07) is 3.53. The Kier molecular flexibility index (Phi) is 2.24. The predicted octanol–water partition coefficient (Wildman–Crippen LogP) is 1.36. The normalized spacial score (nSPS) is 11.7. The number of hydrogen-bond donors (Lipinski definition) is 1. The minimum atomic E-state index is -1.11. The summed E-state index contributed by atoms with van der Waals surface area (Å²) in [4.78, 5) is 3.89. The van der Waals surface area contributed by atoms with Crippen molar-refractivity contribution in [2.45, 2.75) is 19.4 Å². The van der Waals surface area contributed by atoms with E-state index in [0.717, 1.165) is 5.56 Å². The first kappa shape index (κ1) is 9.79. The van der Waals surface area contributed by atoms with Crippen molar-refractivity contribution in [3.05, 3.63) is 30.4 Å². The van der Waals surface area contributed by atoms with Crippen LogP contribution in [0.3, 0.4) is 0 Å². The summed E-state index contributed by atoms with van der Waals surface area (Å²) in [5.41, 5.74) is -0.328. The van der Waals surface area contributed by atoms with Crippen LogP contribution < -0.4 is 0 Å². The first-order valence-corrected chi connectivity index (χ1v) is 4.54. The van der Waals surface area contributed by atoms with Gasteiger partial charge >= 0.3 is 0 Å². The minimum absolute atomic E-state index is 0.203. The molecule has 0 aromatic carbocycles. The van der Waals surface area contributed by atoms with Gasteiger partial charge in [0, 0.05) is 18.0 Å². The van der Waals surface area contributed by atoms with Gasteiger partial charge in [0.15, 0.2) is 0 Å². The van der Waals surface area contributed by atoms with E-state index in [-0.39, 0.29) is 5.89 Å². The molecule has 2 heterocycles. The summed E-state index contributed by atoms with van der Waals surface area (Å²) >= 11 is 0. The fraction of sp³-hybridized carbons (Fsp3) is 0.300. The second kappa shape index (κ2) is 3.43. The molecule has 0 unspecified atom stereocenters. The Morgan fingerprint density at radius 2 is 1.87 bits per heavy atom. The molecule has 15 heavy (non-hydrogen) atoms. The fourth-order valence-corrected chi connectivity index (χ4v) is 1.08. The summed E-state index contributed by atoms with van der Waals surface area (Å²) in [7, 11) is 0. The fourth-order valence-electron chi connectivity index (χ4n) is 1.08. The van der Waals surface area contributed by atoms with E-state index in [9.17, 15) is 5.11 Å². The zero-order valence-electron chi connectivity index (χ0n) is 8.51. The molecule has 0 atom stereocenters. The number of aromatic nitrogens is 3. The molecule has 0 saturated heterocycles. The summed E-state index contributed by atoms with van der Waals surface area (Å²) in [5.74, 6) is 0.587. The van der Waals surface area contributed by atoms with Crippen molar-refractivity contribution in [1.82, 2.24) is 15.2 Å². The molecular weight excluding hydrogens is 194 g/mol. The van der Waals surface area contributed by atoms with Gasteiger partial charge in [-0.15, -0.1) is 10.2 Å². The van der Waals surface area contributed by atoms with E-state index < -0.39 is 5.60 Å². The molecule has 0 aliphatic heterocycles. The Labute approximate surface area is 86.8 Å². The molecule has 78 valence electrons. The van der Waals surface area contributed by atoms with E-state index >= 15 is 0 Å². The van der Waals surface area contributed by atoms with Crippen molar-refractivity contribution >= 4 is 0 Å². The van der Waals surface area contributed by atoms with E-state index in [2.05, 4.69) is 15.2 Å². The van der Waals surface area contributed by atoms with Crippen LogP contribution >= 0.6 is 0 Å². The van der Waals surface area contributed by atoms with Gasteiger partial charge in [-0.3, -0.25) is 4.98 Å². The van der Waals surface area contributed by atoms with E-state index in [1.165, 1.54) is 0 Å². The zero-order valence-corrected chi connectivity index (χ0v) is 8.51. The second-order valence-electron chi connectivity index (χ2n) is 3.71. The van der Waals surface area contributed by atoms with Crippen LogP contribution in [0.25, 0.3) is 11.5 Å². The molecule has 5 heteroatoms. The Hall–Kier alpha value is -1.75. The monoisotopic (exact) mass is 205 g/mol. The van der Waals surface area contributed by atoms with Crippen molar-refractivity contribution < 1.29 is 9.52 Å². The number of rotatable bonds is 2. The summed E-state index contributed by atoms with van der Waals surface area (Å²) in [6.45, 7) is 3.19. The predicted molar refractivity (Wildman–Crippen MR) is 52.8 cm³/mol. The molecule has 0 aliphatic carbocycles. The third-order valence-electron chi connectivity index (χ3n) is 1.88. The quantitative estimate of drug-likeness (QED) is 0.801. The largest absolute Gasteiger partial charge is 0.418 e. The van der Waals surface area contributed by atoms with Crippen molar-refractivity contribution in [3.8, 4) is 11.5 Å². The zero-order chi connectivity index (χ0) is 10.9. The molecule has 0 amide bonds. The average Bonchev–Trinajstić information content (AvgIpc) is 2.67. The lowest BCUT2D eigenvalue weighted by atomic mass is 10.1. The maximum absolute atomic E-state index is 9.64. The highest BCUT2D eigenvalue weighted by Gasteiger charge is 2.23. The highest BCUT2D eigenvalue weighted by atomic mass is 16.4. The van der Waals surface area contributed by atoms with E-state index in [0.29, 0.717) is 5.89 Å². The molecule has 2 aromatic heterocycles. The van der Waals surface area contributed by atoms with Crippen LogP contribution in [0.4, 0.5) is 0 Å². The second-order valence-corrected chi connectivity index (χ2v) is 3.71. The standard InChI is InChI=1S/C10H11N3O2/c1-10(2,14)9-13-12-8(15-9)7-3-5-11-6-4-7/h3-6,14H,1-2H3. The van der Waals surface area contributed by atoms with Gasteiger partial charge in [-0.2, -0.15) is 0 Å². The molecule has 2 aromatic rings. The van der Waals surface area contributed by atoms with E-state index in [1.807, 2.05) is 0 Å². The summed E-state index contributed by atoms with van der Waals surface area (Å²) in [5, 5.41) is 17.3. The van der Waals surface area contributed by atoms with Crippen molar-refractivity contribution in [2.24, 2.45) is 0 Å². The van der Waals surface area contributed by atoms with Gasteiger partial charge in [-0.25, -0.2) is 0 Å². The van der Waals surface area contributed by atoms with E-state index in [4.69, 9.17) is 4.42 Å². The summed E-state index contributed by atoms with van der Waals surface area (Å²) in [6.07, 6.45) is 3.28. The number of hydrogen-bond acceptors (Lipinski definition) is 5. The van der Waals surface area contributed by atoms with Crippen molar-refractivity contribution in [2.75, 3.05) is 0 Å². The lowest BCUT2D eigenvalue weighted by Crippen LogP contribution is -2.15. The van der Waals surface area contributed by atoms with Gasteiger partial charge in [0.25, 0.3) is 0 Å². The molecule has 0 spiro atoms. The third kappa shape index (κ3) is 2.02. The molecular formula is C10H11N3O2. The molecule has 0 fully saturated rings. The Balaban J connectivity index is 2.37. The van der Waals surface area contributed by atoms with Crippen molar-refractivity contribution in [1.29, 1.82) is 0 Å². The maximum Gasteiger partial charge on any atom is 0.248 e. The number of aliphatic hydroxyl groups is 1. The third-order valence-corrected chi connectivity index (χ3v) is 1.88.